The Morgan fingerprint density at radius 3 is 2.56 bits per heavy atom. The summed E-state index contributed by atoms with van der Waals surface area (Å²) < 4.78 is 0. The molecular weight excluding hydrogens is 204 g/mol. The van der Waals surface area contributed by atoms with Gasteiger partial charge in [0.1, 0.15) is 0 Å². The molecule has 0 saturated carbocycles. The summed E-state index contributed by atoms with van der Waals surface area (Å²) in [6, 6.07) is -0.386. The van der Waals surface area contributed by atoms with Gasteiger partial charge in [-0.05, 0) is 19.8 Å². The van der Waals surface area contributed by atoms with Gasteiger partial charge in [-0.25, -0.2) is 4.79 Å². The number of urea groups is 1. The van der Waals surface area contributed by atoms with E-state index in [0.29, 0.717) is 6.54 Å². The largest absolute Gasteiger partial charge is 0.336 e. The van der Waals surface area contributed by atoms with Gasteiger partial charge in [0.05, 0.1) is 5.41 Å². The fourth-order valence-electron chi connectivity index (χ4n) is 2.45. The summed E-state index contributed by atoms with van der Waals surface area (Å²) >= 11 is 0. The lowest BCUT2D eigenvalue weighted by Gasteiger charge is -2.37. The molecule has 1 rings (SSSR count). The minimum atomic E-state index is -0.536. The van der Waals surface area contributed by atoms with Crippen LogP contribution in [0.1, 0.15) is 40.0 Å². The van der Waals surface area contributed by atoms with Crippen LogP contribution in [0.15, 0.2) is 11.6 Å². The van der Waals surface area contributed by atoms with Gasteiger partial charge >= 0.3 is 6.03 Å². The molecule has 90 valence electrons. The molecule has 0 spiro atoms. The topological polar surface area (TPSA) is 58.2 Å². The quantitative estimate of drug-likeness (QED) is 0.717. The lowest BCUT2D eigenvalue weighted by Crippen LogP contribution is -2.59. The molecule has 0 radical (unpaired) electrons. The molecule has 16 heavy (non-hydrogen) atoms. The zero-order valence-corrected chi connectivity index (χ0v) is 10.2. The Labute approximate surface area is 96.5 Å². The highest BCUT2D eigenvalue weighted by molar-refractivity contribution is 6.01. The van der Waals surface area contributed by atoms with Gasteiger partial charge in [0.25, 0.3) is 0 Å². The molecular formula is C12H20N2O2. The molecule has 2 N–H and O–H groups in total. The molecule has 4 nitrogen and oxygen atoms in total. The van der Waals surface area contributed by atoms with E-state index in [-0.39, 0.29) is 11.9 Å². The Bertz CT molecular complexity index is 323. The fraction of sp³-hybridized carbons (Fsp3) is 0.667. The summed E-state index contributed by atoms with van der Waals surface area (Å²) in [5.41, 5.74) is 0.568. The first-order valence-corrected chi connectivity index (χ1v) is 5.85. The van der Waals surface area contributed by atoms with Crippen molar-refractivity contribution in [1.29, 1.82) is 0 Å². The van der Waals surface area contributed by atoms with Crippen molar-refractivity contribution in [3.8, 4) is 0 Å². The third-order valence-corrected chi connectivity index (χ3v) is 3.23. The van der Waals surface area contributed by atoms with E-state index in [0.717, 1.165) is 24.8 Å². The number of hydrogen-bond acceptors (Lipinski definition) is 2. The van der Waals surface area contributed by atoms with Gasteiger partial charge in [-0.2, -0.15) is 0 Å². The monoisotopic (exact) mass is 224 g/mol. The van der Waals surface area contributed by atoms with E-state index in [1.165, 1.54) is 0 Å². The summed E-state index contributed by atoms with van der Waals surface area (Å²) in [5.74, 6) is -0.159. The van der Waals surface area contributed by atoms with Crippen molar-refractivity contribution in [3.63, 3.8) is 0 Å². The Morgan fingerprint density at radius 2 is 2.12 bits per heavy atom. The van der Waals surface area contributed by atoms with Crippen molar-refractivity contribution in [2.24, 2.45) is 5.41 Å². The number of nitrogens with one attached hydrogen (secondary N) is 2. The van der Waals surface area contributed by atoms with Crippen LogP contribution in [0, 0.1) is 5.41 Å². The van der Waals surface area contributed by atoms with Crippen molar-refractivity contribution in [1.82, 2.24) is 10.6 Å². The van der Waals surface area contributed by atoms with E-state index in [2.05, 4.69) is 10.6 Å². The first-order chi connectivity index (χ1) is 7.60. The smallest absolute Gasteiger partial charge is 0.321 e. The summed E-state index contributed by atoms with van der Waals surface area (Å²) in [5, 5.41) is 5.10. The number of hydrogen-bond donors (Lipinski definition) is 2. The van der Waals surface area contributed by atoms with Gasteiger partial charge in [-0.1, -0.05) is 31.9 Å². The van der Waals surface area contributed by atoms with Crippen molar-refractivity contribution in [2.75, 3.05) is 6.54 Å². The van der Waals surface area contributed by atoms with Crippen LogP contribution in [0.3, 0.4) is 0 Å². The van der Waals surface area contributed by atoms with E-state index >= 15 is 0 Å². The van der Waals surface area contributed by atoms with Crippen molar-refractivity contribution < 1.29 is 9.59 Å². The van der Waals surface area contributed by atoms with E-state index in [1.807, 2.05) is 26.8 Å². The molecule has 0 aromatic heterocycles. The Hall–Kier alpha value is -1.32. The maximum atomic E-state index is 12.1. The standard InChI is InChI=1S/C12H20N2O2/c1-4-7-12(9(5-2)6-3)8-13-11(16)14-10(12)15/h5H,4,6-8H2,1-3H3,(H2,13,14,15,16). The molecule has 1 unspecified atom stereocenters. The molecule has 1 atom stereocenters. The zero-order valence-electron chi connectivity index (χ0n) is 10.2. The average molecular weight is 224 g/mol. The van der Waals surface area contributed by atoms with E-state index in [1.54, 1.807) is 0 Å². The number of carbonyl (C=O) groups excluding carboxylic acids is 2. The molecule has 1 fully saturated rings. The third kappa shape index (κ3) is 2.10. The molecule has 0 aromatic rings. The highest BCUT2D eigenvalue weighted by atomic mass is 16.2. The van der Waals surface area contributed by atoms with Gasteiger partial charge in [0.2, 0.25) is 5.91 Å². The second kappa shape index (κ2) is 5.14. The van der Waals surface area contributed by atoms with Gasteiger partial charge < -0.3 is 5.32 Å². The van der Waals surface area contributed by atoms with Gasteiger partial charge in [-0.3, -0.25) is 10.1 Å². The predicted molar refractivity (Wildman–Crippen MR) is 62.9 cm³/mol. The zero-order chi connectivity index (χ0) is 12.2. The van der Waals surface area contributed by atoms with Gasteiger partial charge in [0.15, 0.2) is 0 Å². The predicted octanol–water partition coefficient (Wildman–Crippen LogP) is 1.97. The van der Waals surface area contributed by atoms with Crippen LogP contribution < -0.4 is 10.6 Å². The molecule has 1 aliphatic rings. The summed E-state index contributed by atoms with van der Waals surface area (Å²) in [6.07, 6.45) is 4.51. The first-order valence-electron chi connectivity index (χ1n) is 5.85. The first kappa shape index (κ1) is 12.7. The van der Waals surface area contributed by atoms with Crippen molar-refractivity contribution in [3.05, 3.63) is 11.6 Å². The number of rotatable bonds is 4. The minimum absolute atomic E-state index is 0.159. The van der Waals surface area contributed by atoms with Crippen LogP contribution >= 0.6 is 0 Å². The Kier molecular flexibility index (Phi) is 4.10. The normalized spacial score (nSPS) is 26.3. The molecule has 3 amide bonds. The Morgan fingerprint density at radius 1 is 1.44 bits per heavy atom. The fourth-order valence-corrected chi connectivity index (χ4v) is 2.45. The van der Waals surface area contributed by atoms with Crippen LogP contribution in [-0.4, -0.2) is 18.5 Å². The van der Waals surface area contributed by atoms with Crippen LogP contribution in [0.4, 0.5) is 4.79 Å². The van der Waals surface area contributed by atoms with Crippen LogP contribution in [0.2, 0.25) is 0 Å². The number of imide groups is 1. The average Bonchev–Trinajstić information content (AvgIpc) is 2.25. The van der Waals surface area contributed by atoms with E-state index in [9.17, 15) is 9.59 Å². The second-order valence-corrected chi connectivity index (χ2v) is 4.14. The number of carbonyl (C=O) groups is 2. The summed E-state index contributed by atoms with van der Waals surface area (Å²) in [7, 11) is 0. The van der Waals surface area contributed by atoms with E-state index in [4.69, 9.17) is 0 Å². The molecule has 0 aromatic carbocycles. The SMILES string of the molecule is CC=C(CC)C1(CCC)CNC(=O)NC1=O. The van der Waals surface area contributed by atoms with Crippen molar-refractivity contribution >= 4 is 11.9 Å². The minimum Gasteiger partial charge on any atom is -0.336 e. The van der Waals surface area contributed by atoms with Crippen molar-refractivity contribution in [2.45, 2.75) is 40.0 Å². The lowest BCUT2D eigenvalue weighted by atomic mass is 9.73. The van der Waals surface area contributed by atoms with E-state index < -0.39 is 5.41 Å². The summed E-state index contributed by atoms with van der Waals surface area (Å²) in [6.45, 7) is 6.45. The molecule has 0 aliphatic carbocycles. The maximum absolute atomic E-state index is 12.1. The number of amides is 3. The number of allylic oxidation sites excluding steroid dienone is 1. The molecule has 1 heterocycles. The molecule has 4 heteroatoms. The maximum Gasteiger partial charge on any atom is 0.321 e. The molecule has 0 bridgehead atoms. The van der Waals surface area contributed by atoms with Crippen LogP contribution in [-0.2, 0) is 4.79 Å². The second-order valence-electron chi connectivity index (χ2n) is 4.14. The van der Waals surface area contributed by atoms with Crippen LogP contribution in [0.5, 0.6) is 0 Å². The highest BCUT2D eigenvalue weighted by Crippen LogP contribution is 2.35. The lowest BCUT2D eigenvalue weighted by molar-refractivity contribution is -0.129. The van der Waals surface area contributed by atoms with Gasteiger partial charge in [0, 0.05) is 6.54 Å². The molecule has 1 aliphatic heterocycles. The van der Waals surface area contributed by atoms with Gasteiger partial charge in [-0.15, -0.1) is 0 Å². The van der Waals surface area contributed by atoms with Crippen LogP contribution in [0.25, 0.3) is 0 Å². The third-order valence-electron chi connectivity index (χ3n) is 3.23. The summed E-state index contributed by atoms with van der Waals surface area (Å²) in [4.78, 5) is 23.2. The molecule has 1 saturated heterocycles. The Balaban J connectivity index is 3.05. The highest BCUT2D eigenvalue weighted by Gasteiger charge is 2.43.